The first kappa shape index (κ1) is 7.47. The minimum Gasteiger partial charge on any atom is -0.289 e. The van der Waals surface area contributed by atoms with Crippen molar-refractivity contribution in [2.45, 2.75) is 6.42 Å². The van der Waals surface area contributed by atoms with E-state index in [2.05, 4.69) is 10.8 Å². The van der Waals surface area contributed by atoms with Crippen molar-refractivity contribution < 1.29 is 4.79 Å². The summed E-state index contributed by atoms with van der Waals surface area (Å²) in [6, 6.07) is 0. The molecule has 3 heteroatoms. The summed E-state index contributed by atoms with van der Waals surface area (Å²) in [5.74, 6) is 0.207. The van der Waals surface area contributed by atoms with Gasteiger partial charge in [0.15, 0.2) is 5.78 Å². The Hall–Kier alpha value is -0.930. The third-order valence-electron chi connectivity index (χ3n) is 2.35. The number of hydrogen-bond donors (Lipinski definition) is 0. The Kier molecular flexibility index (Phi) is 1.45. The average molecular weight is 206 g/mol. The van der Waals surface area contributed by atoms with Gasteiger partial charge in [0.05, 0.1) is 0 Å². The zero-order valence-corrected chi connectivity index (χ0v) is 8.37. The van der Waals surface area contributed by atoms with E-state index in [1.807, 2.05) is 10.8 Å². The first-order valence-corrected chi connectivity index (χ1v) is 5.89. The third-order valence-corrected chi connectivity index (χ3v) is 3.94. The number of fused-ring (bicyclic) bond motifs is 2. The lowest BCUT2D eigenvalue weighted by molar-refractivity contribution is 0.103. The van der Waals surface area contributed by atoms with Crippen molar-refractivity contribution in [3.63, 3.8) is 0 Å². The van der Waals surface area contributed by atoms with Crippen LogP contribution in [0.3, 0.4) is 0 Å². The Labute approximate surface area is 83.7 Å². The van der Waals surface area contributed by atoms with Crippen molar-refractivity contribution >= 4 is 28.5 Å². The lowest BCUT2D eigenvalue weighted by Crippen LogP contribution is -2.10. The number of ketones is 1. The first-order valence-electron chi connectivity index (χ1n) is 4.01. The van der Waals surface area contributed by atoms with Crippen molar-refractivity contribution in [1.82, 2.24) is 0 Å². The zero-order chi connectivity index (χ0) is 8.84. The minimum absolute atomic E-state index is 0.207. The topological polar surface area (TPSA) is 17.1 Å². The molecule has 0 radical (unpaired) electrons. The van der Waals surface area contributed by atoms with Crippen LogP contribution in [0.25, 0.3) is 0 Å². The monoisotopic (exact) mass is 206 g/mol. The number of rotatable bonds is 0. The Bertz CT molecular complexity index is 436. The second-order valence-corrected chi connectivity index (χ2v) is 4.61. The van der Waals surface area contributed by atoms with Gasteiger partial charge >= 0.3 is 0 Å². The number of hydrogen-bond acceptors (Lipinski definition) is 3. The molecule has 1 aliphatic carbocycles. The molecular weight excluding hydrogens is 200 g/mol. The van der Waals surface area contributed by atoms with Crippen LogP contribution in [0.2, 0.25) is 0 Å². The van der Waals surface area contributed by atoms with Crippen LogP contribution in [0.1, 0.15) is 27.0 Å². The minimum atomic E-state index is 0.207. The van der Waals surface area contributed by atoms with E-state index in [1.165, 1.54) is 11.1 Å². The molecule has 2 heterocycles. The molecule has 0 aliphatic heterocycles. The van der Waals surface area contributed by atoms with Crippen molar-refractivity contribution in [3.8, 4) is 0 Å². The summed E-state index contributed by atoms with van der Waals surface area (Å²) in [5.41, 5.74) is 4.22. The van der Waals surface area contributed by atoms with Crippen LogP contribution in [0, 0.1) is 0 Å². The van der Waals surface area contributed by atoms with Gasteiger partial charge in [-0.15, -0.1) is 0 Å². The molecule has 2 aromatic rings. The Morgan fingerprint density at radius 1 is 0.923 bits per heavy atom. The molecule has 1 aliphatic rings. The van der Waals surface area contributed by atoms with E-state index in [4.69, 9.17) is 0 Å². The normalized spacial score (nSPS) is 14.0. The van der Waals surface area contributed by atoms with Gasteiger partial charge in [-0.1, -0.05) is 0 Å². The summed E-state index contributed by atoms with van der Waals surface area (Å²) in [7, 11) is 0. The fourth-order valence-electron chi connectivity index (χ4n) is 1.67. The highest BCUT2D eigenvalue weighted by molar-refractivity contribution is 7.09. The van der Waals surface area contributed by atoms with Gasteiger partial charge in [-0.2, -0.15) is 22.7 Å². The van der Waals surface area contributed by atoms with E-state index in [-0.39, 0.29) is 5.78 Å². The Morgan fingerprint density at radius 2 is 1.46 bits per heavy atom. The zero-order valence-electron chi connectivity index (χ0n) is 6.74. The third kappa shape index (κ3) is 0.943. The second kappa shape index (κ2) is 2.53. The van der Waals surface area contributed by atoms with Gasteiger partial charge in [0.25, 0.3) is 0 Å². The van der Waals surface area contributed by atoms with Crippen LogP contribution in [-0.2, 0) is 6.42 Å². The molecule has 0 fully saturated rings. The second-order valence-electron chi connectivity index (χ2n) is 3.13. The molecule has 0 saturated heterocycles. The molecule has 0 bridgehead atoms. The Morgan fingerprint density at radius 3 is 2.00 bits per heavy atom. The molecule has 0 atom stereocenters. The van der Waals surface area contributed by atoms with E-state index in [9.17, 15) is 4.79 Å². The highest BCUT2D eigenvalue weighted by Gasteiger charge is 2.23. The fraction of sp³-hybridized carbons (Fsp3) is 0.100. The summed E-state index contributed by atoms with van der Waals surface area (Å²) in [6.45, 7) is 0. The van der Waals surface area contributed by atoms with Gasteiger partial charge in [0.1, 0.15) is 0 Å². The molecule has 3 rings (SSSR count). The SMILES string of the molecule is O=C1c2cscc2Cc2cscc21. The molecule has 0 aromatic carbocycles. The maximum absolute atomic E-state index is 11.8. The largest absolute Gasteiger partial charge is 0.289 e. The van der Waals surface area contributed by atoms with Crippen molar-refractivity contribution in [3.05, 3.63) is 43.8 Å². The van der Waals surface area contributed by atoms with Crippen LogP contribution in [0.4, 0.5) is 0 Å². The predicted molar refractivity (Wildman–Crippen MR) is 54.9 cm³/mol. The van der Waals surface area contributed by atoms with Gasteiger partial charge in [0, 0.05) is 28.3 Å². The molecule has 64 valence electrons. The van der Waals surface area contributed by atoms with Crippen LogP contribution in [-0.4, -0.2) is 5.78 Å². The number of thiophene rings is 2. The standard InChI is InChI=1S/C10H6OS2/c11-10-8-4-12-2-6(8)1-7-3-13-5-9(7)10/h2-5H,1H2. The van der Waals surface area contributed by atoms with E-state index in [0.717, 1.165) is 17.5 Å². The Balaban J connectivity index is 2.27. The van der Waals surface area contributed by atoms with Gasteiger partial charge in [-0.3, -0.25) is 4.79 Å². The molecule has 1 nitrogen and oxygen atoms in total. The molecule has 0 unspecified atom stereocenters. The number of carbonyl (C=O) groups excluding carboxylic acids is 1. The van der Waals surface area contributed by atoms with E-state index < -0.39 is 0 Å². The quantitative estimate of drug-likeness (QED) is 0.552. The van der Waals surface area contributed by atoms with Crippen molar-refractivity contribution in [2.75, 3.05) is 0 Å². The summed E-state index contributed by atoms with van der Waals surface area (Å²) in [5, 5.41) is 8.07. The van der Waals surface area contributed by atoms with Crippen LogP contribution >= 0.6 is 22.7 Å². The lowest BCUT2D eigenvalue weighted by atomic mass is 9.91. The van der Waals surface area contributed by atoms with E-state index >= 15 is 0 Å². The van der Waals surface area contributed by atoms with Crippen LogP contribution in [0.5, 0.6) is 0 Å². The summed E-state index contributed by atoms with van der Waals surface area (Å²) in [6.07, 6.45) is 0.934. The summed E-state index contributed by atoms with van der Waals surface area (Å²) in [4.78, 5) is 11.8. The van der Waals surface area contributed by atoms with Gasteiger partial charge < -0.3 is 0 Å². The number of carbonyl (C=O) groups is 1. The molecular formula is C10H6OS2. The van der Waals surface area contributed by atoms with Crippen LogP contribution in [0.15, 0.2) is 21.5 Å². The first-order chi connectivity index (χ1) is 6.36. The maximum atomic E-state index is 11.8. The van der Waals surface area contributed by atoms with Gasteiger partial charge in [-0.25, -0.2) is 0 Å². The highest BCUT2D eigenvalue weighted by Crippen LogP contribution is 2.31. The highest BCUT2D eigenvalue weighted by atomic mass is 32.1. The van der Waals surface area contributed by atoms with Crippen LogP contribution < -0.4 is 0 Å². The van der Waals surface area contributed by atoms with Gasteiger partial charge in [-0.05, 0) is 21.9 Å². The maximum Gasteiger partial charge on any atom is 0.195 e. The van der Waals surface area contributed by atoms with Crippen molar-refractivity contribution in [1.29, 1.82) is 0 Å². The molecule has 13 heavy (non-hydrogen) atoms. The summed E-state index contributed by atoms with van der Waals surface area (Å²) >= 11 is 3.23. The molecule has 0 saturated carbocycles. The van der Waals surface area contributed by atoms with E-state index in [1.54, 1.807) is 22.7 Å². The molecule has 0 N–H and O–H groups in total. The molecule has 0 spiro atoms. The van der Waals surface area contributed by atoms with Gasteiger partial charge in [0.2, 0.25) is 0 Å². The lowest BCUT2D eigenvalue weighted by Gasteiger charge is -2.10. The fourth-order valence-corrected chi connectivity index (χ4v) is 3.34. The van der Waals surface area contributed by atoms with Crippen molar-refractivity contribution in [2.24, 2.45) is 0 Å². The predicted octanol–water partition coefficient (Wildman–Crippen LogP) is 2.94. The molecule has 0 amide bonds. The summed E-state index contributed by atoms with van der Waals surface area (Å²) < 4.78 is 0. The molecule has 2 aromatic heterocycles. The smallest absolute Gasteiger partial charge is 0.195 e. The average Bonchev–Trinajstić information content (AvgIpc) is 2.71. The van der Waals surface area contributed by atoms with E-state index in [0.29, 0.717) is 0 Å².